The topological polar surface area (TPSA) is 61.7 Å². The van der Waals surface area contributed by atoms with E-state index in [1.807, 2.05) is 26.0 Å². The Morgan fingerprint density at radius 1 is 1.21 bits per heavy atom. The van der Waals surface area contributed by atoms with Gasteiger partial charge >= 0.3 is 0 Å². The molecule has 1 aromatic heterocycles. The fourth-order valence-electron chi connectivity index (χ4n) is 1.50. The van der Waals surface area contributed by atoms with E-state index in [9.17, 15) is 4.79 Å². The van der Waals surface area contributed by atoms with Gasteiger partial charge in [0.2, 0.25) is 0 Å². The molecule has 0 radical (unpaired) electrons. The van der Waals surface area contributed by atoms with Crippen LogP contribution < -0.4 is 5.43 Å². The van der Waals surface area contributed by atoms with E-state index in [-0.39, 0.29) is 11.7 Å². The first-order valence-electron chi connectivity index (χ1n) is 5.77. The molecule has 98 valence electrons. The van der Waals surface area contributed by atoms with E-state index in [1.165, 1.54) is 17.0 Å². The van der Waals surface area contributed by atoms with E-state index in [1.54, 1.807) is 23.5 Å². The lowest BCUT2D eigenvalue weighted by Gasteiger charge is -2.01. The Bertz CT molecular complexity index is 615. The normalized spacial score (nSPS) is 11.4. The van der Waals surface area contributed by atoms with E-state index >= 15 is 0 Å². The number of nitrogens with one attached hydrogen (secondary N) is 1. The Labute approximate surface area is 115 Å². The van der Waals surface area contributed by atoms with Gasteiger partial charge in [0.15, 0.2) is 0 Å². The second-order valence-electron chi connectivity index (χ2n) is 4.10. The number of carbonyl (C=O) groups is 1. The molecule has 4 nitrogen and oxygen atoms in total. The third-order valence-corrected chi connectivity index (χ3v) is 3.66. The van der Waals surface area contributed by atoms with Gasteiger partial charge in [-0.2, -0.15) is 5.10 Å². The van der Waals surface area contributed by atoms with Crippen LogP contribution in [0.15, 0.2) is 41.5 Å². The molecule has 0 aliphatic rings. The van der Waals surface area contributed by atoms with Crippen molar-refractivity contribution in [3.05, 3.63) is 51.7 Å². The summed E-state index contributed by atoms with van der Waals surface area (Å²) in [5, 5.41) is 13.2. The summed E-state index contributed by atoms with van der Waals surface area (Å²) >= 11 is 1.63. The number of carbonyl (C=O) groups excluding carboxylic acids is 1. The van der Waals surface area contributed by atoms with Crippen LogP contribution in [-0.2, 0) is 0 Å². The average molecular weight is 274 g/mol. The number of hydrogen-bond acceptors (Lipinski definition) is 4. The Hall–Kier alpha value is -2.14. The van der Waals surface area contributed by atoms with Crippen molar-refractivity contribution in [2.45, 2.75) is 13.8 Å². The predicted molar refractivity (Wildman–Crippen MR) is 76.8 cm³/mol. The molecular formula is C14H14N2O2S. The SMILES string of the molecule is C/C(=N/NC(=O)c1ccc(O)cc1)c1ccc(C)s1. The van der Waals surface area contributed by atoms with Gasteiger partial charge in [-0.1, -0.05) is 0 Å². The second kappa shape index (κ2) is 5.67. The Kier molecular flexibility index (Phi) is 3.97. The van der Waals surface area contributed by atoms with Crippen molar-refractivity contribution in [3.63, 3.8) is 0 Å². The molecule has 1 aromatic carbocycles. The van der Waals surface area contributed by atoms with Crippen molar-refractivity contribution in [2.24, 2.45) is 5.10 Å². The number of benzene rings is 1. The van der Waals surface area contributed by atoms with Crippen LogP contribution in [0.2, 0.25) is 0 Å². The minimum Gasteiger partial charge on any atom is -0.508 e. The smallest absolute Gasteiger partial charge is 0.271 e. The zero-order valence-corrected chi connectivity index (χ0v) is 11.5. The Morgan fingerprint density at radius 2 is 1.89 bits per heavy atom. The summed E-state index contributed by atoms with van der Waals surface area (Å²) in [6, 6.07) is 10.0. The van der Waals surface area contributed by atoms with Crippen LogP contribution in [0.3, 0.4) is 0 Å². The Balaban J connectivity index is 2.05. The molecule has 0 saturated carbocycles. The molecule has 5 heteroatoms. The van der Waals surface area contributed by atoms with Gasteiger partial charge in [0.25, 0.3) is 5.91 Å². The van der Waals surface area contributed by atoms with Crippen molar-refractivity contribution in [1.29, 1.82) is 0 Å². The van der Waals surface area contributed by atoms with Gasteiger partial charge in [-0.25, -0.2) is 5.43 Å². The molecular weight excluding hydrogens is 260 g/mol. The first kappa shape index (κ1) is 13.3. The summed E-state index contributed by atoms with van der Waals surface area (Å²) in [5.41, 5.74) is 3.72. The van der Waals surface area contributed by atoms with Crippen LogP contribution in [0.4, 0.5) is 0 Å². The molecule has 0 unspecified atom stereocenters. The van der Waals surface area contributed by atoms with Crippen LogP contribution in [0.5, 0.6) is 5.75 Å². The quantitative estimate of drug-likeness (QED) is 0.667. The molecule has 2 rings (SSSR count). The van der Waals surface area contributed by atoms with Crippen LogP contribution in [0.1, 0.15) is 27.0 Å². The van der Waals surface area contributed by atoms with Crippen LogP contribution in [-0.4, -0.2) is 16.7 Å². The molecule has 0 fully saturated rings. The molecule has 19 heavy (non-hydrogen) atoms. The number of aryl methyl sites for hydroxylation is 1. The predicted octanol–water partition coefficient (Wildman–Crippen LogP) is 2.92. The molecule has 0 bridgehead atoms. The molecule has 2 aromatic rings. The van der Waals surface area contributed by atoms with Crippen molar-refractivity contribution in [2.75, 3.05) is 0 Å². The highest BCUT2D eigenvalue weighted by atomic mass is 32.1. The van der Waals surface area contributed by atoms with Crippen molar-refractivity contribution >= 4 is 23.0 Å². The van der Waals surface area contributed by atoms with E-state index in [2.05, 4.69) is 10.5 Å². The third-order valence-electron chi connectivity index (χ3n) is 2.55. The van der Waals surface area contributed by atoms with Crippen LogP contribution in [0.25, 0.3) is 0 Å². The van der Waals surface area contributed by atoms with Crippen LogP contribution in [0, 0.1) is 6.92 Å². The van der Waals surface area contributed by atoms with Gasteiger partial charge in [0.1, 0.15) is 5.75 Å². The van der Waals surface area contributed by atoms with Crippen LogP contribution >= 0.6 is 11.3 Å². The number of hydrogen-bond donors (Lipinski definition) is 2. The van der Waals surface area contributed by atoms with Gasteiger partial charge in [0.05, 0.1) is 10.6 Å². The molecule has 0 aliphatic carbocycles. The average Bonchev–Trinajstić information content (AvgIpc) is 2.83. The maximum Gasteiger partial charge on any atom is 0.271 e. The van der Waals surface area contributed by atoms with Gasteiger partial charge in [-0.05, 0) is 50.2 Å². The van der Waals surface area contributed by atoms with E-state index in [4.69, 9.17) is 5.11 Å². The fourth-order valence-corrected chi connectivity index (χ4v) is 2.31. The summed E-state index contributed by atoms with van der Waals surface area (Å²) in [6.07, 6.45) is 0. The highest BCUT2D eigenvalue weighted by molar-refractivity contribution is 7.14. The maximum absolute atomic E-state index is 11.8. The minimum atomic E-state index is -0.298. The number of phenolic OH excluding ortho intramolecular Hbond substituents is 1. The van der Waals surface area contributed by atoms with Gasteiger partial charge in [-0.3, -0.25) is 4.79 Å². The molecule has 0 spiro atoms. The first-order valence-corrected chi connectivity index (χ1v) is 6.58. The lowest BCUT2D eigenvalue weighted by Crippen LogP contribution is -2.18. The summed E-state index contributed by atoms with van der Waals surface area (Å²) in [6.45, 7) is 3.87. The van der Waals surface area contributed by atoms with Gasteiger partial charge in [-0.15, -0.1) is 11.3 Å². The molecule has 0 saturated heterocycles. The fraction of sp³-hybridized carbons (Fsp3) is 0.143. The van der Waals surface area contributed by atoms with E-state index in [0.29, 0.717) is 5.56 Å². The molecule has 0 atom stereocenters. The van der Waals surface area contributed by atoms with Gasteiger partial charge < -0.3 is 5.11 Å². The number of hydrazone groups is 1. The highest BCUT2D eigenvalue weighted by Crippen LogP contribution is 2.15. The molecule has 1 amide bonds. The van der Waals surface area contributed by atoms with Crippen molar-refractivity contribution < 1.29 is 9.90 Å². The number of aromatic hydroxyl groups is 1. The van der Waals surface area contributed by atoms with Crippen molar-refractivity contribution in [3.8, 4) is 5.75 Å². The third kappa shape index (κ3) is 3.42. The largest absolute Gasteiger partial charge is 0.508 e. The standard InChI is InChI=1S/C14H14N2O2S/c1-9-3-8-13(19-9)10(2)15-16-14(18)11-4-6-12(17)7-5-11/h3-8,17H,1-2H3,(H,16,18)/b15-10-. The summed E-state index contributed by atoms with van der Waals surface area (Å²) < 4.78 is 0. The van der Waals surface area contributed by atoms with Gasteiger partial charge in [0, 0.05) is 10.4 Å². The molecule has 1 heterocycles. The zero-order valence-electron chi connectivity index (χ0n) is 10.7. The maximum atomic E-state index is 11.8. The lowest BCUT2D eigenvalue weighted by molar-refractivity contribution is 0.0955. The molecule has 2 N–H and O–H groups in total. The number of thiophene rings is 1. The summed E-state index contributed by atoms with van der Waals surface area (Å²) in [7, 11) is 0. The highest BCUT2D eigenvalue weighted by Gasteiger charge is 2.05. The monoisotopic (exact) mass is 274 g/mol. The van der Waals surface area contributed by atoms with E-state index in [0.717, 1.165) is 10.6 Å². The lowest BCUT2D eigenvalue weighted by atomic mass is 10.2. The number of phenols is 1. The Morgan fingerprint density at radius 3 is 2.47 bits per heavy atom. The number of rotatable bonds is 3. The van der Waals surface area contributed by atoms with Crippen molar-refractivity contribution in [1.82, 2.24) is 5.43 Å². The summed E-state index contributed by atoms with van der Waals surface area (Å²) in [4.78, 5) is 14.0. The minimum absolute atomic E-state index is 0.130. The molecule has 0 aliphatic heterocycles. The zero-order chi connectivity index (χ0) is 13.8. The number of nitrogens with zero attached hydrogens (tertiary/aromatic N) is 1. The number of amides is 1. The second-order valence-corrected chi connectivity index (χ2v) is 5.38. The summed E-state index contributed by atoms with van der Waals surface area (Å²) in [5.74, 6) is -0.169. The van der Waals surface area contributed by atoms with E-state index < -0.39 is 0 Å². The first-order chi connectivity index (χ1) is 9.06.